The van der Waals surface area contributed by atoms with Crippen LogP contribution in [0.2, 0.25) is 0 Å². The monoisotopic (exact) mass is 293 g/mol. The summed E-state index contributed by atoms with van der Waals surface area (Å²) in [6, 6.07) is -0.145. The first-order chi connectivity index (χ1) is 9.51. The molecule has 1 unspecified atom stereocenters. The largest absolute Gasteiger partial charge is 0.340 e. The second-order valence-electron chi connectivity index (χ2n) is 4.91. The van der Waals surface area contributed by atoms with Gasteiger partial charge in [0, 0.05) is 17.0 Å². The summed E-state index contributed by atoms with van der Waals surface area (Å²) in [5, 5.41) is 10.5. The summed E-state index contributed by atoms with van der Waals surface area (Å²) in [6.07, 6.45) is 2.81. The molecule has 0 fully saturated rings. The summed E-state index contributed by atoms with van der Waals surface area (Å²) in [5.74, 6) is 0.819. The molecule has 7 heteroatoms. The summed E-state index contributed by atoms with van der Waals surface area (Å²) < 4.78 is 0. The maximum absolute atomic E-state index is 12.1. The Balaban J connectivity index is 2.02. The molecule has 0 radical (unpaired) electrons. The molecule has 0 aliphatic rings. The Kier molecular flexibility index (Phi) is 4.49. The van der Waals surface area contributed by atoms with Gasteiger partial charge in [-0.25, -0.2) is 9.97 Å². The molecular formula is C13H19N5OS. The van der Waals surface area contributed by atoms with E-state index in [-0.39, 0.29) is 23.7 Å². The van der Waals surface area contributed by atoms with Gasteiger partial charge in [-0.1, -0.05) is 20.8 Å². The fourth-order valence-electron chi connectivity index (χ4n) is 1.64. The zero-order valence-corrected chi connectivity index (χ0v) is 12.9. The van der Waals surface area contributed by atoms with Gasteiger partial charge < -0.3 is 5.32 Å². The summed E-state index contributed by atoms with van der Waals surface area (Å²) in [6.45, 7) is 7.98. The minimum absolute atomic E-state index is 0.145. The first-order valence-corrected chi connectivity index (χ1v) is 7.50. The number of amides is 1. The van der Waals surface area contributed by atoms with Gasteiger partial charge in [0.25, 0.3) is 5.91 Å². The average Bonchev–Trinajstić information content (AvgIpc) is 3.07. The highest BCUT2D eigenvalue weighted by atomic mass is 32.1. The van der Waals surface area contributed by atoms with Crippen LogP contribution in [0.4, 0.5) is 0 Å². The number of hydrogen-bond donors (Lipinski definition) is 2. The van der Waals surface area contributed by atoms with Crippen molar-refractivity contribution in [1.82, 2.24) is 25.5 Å². The first-order valence-electron chi connectivity index (χ1n) is 6.69. The van der Waals surface area contributed by atoms with E-state index in [1.165, 1.54) is 4.88 Å². The van der Waals surface area contributed by atoms with Gasteiger partial charge in [-0.3, -0.25) is 9.89 Å². The van der Waals surface area contributed by atoms with Gasteiger partial charge in [0.15, 0.2) is 0 Å². The number of thiazole rings is 1. The molecule has 0 saturated heterocycles. The molecule has 0 aliphatic heterocycles. The van der Waals surface area contributed by atoms with Crippen LogP contribution < -0.4 is 5.32 Å². The van der Waals surface area contributed by atoms with Crippen molar-refractivity contribution in [3.63, 3.8) is 0 Å². The van der Waals surface area contributed by atoms with E-state index in [2.05, 4.69) is 32.4 Å². The fourth-order valence-corrected chi connectivity index (χ4v) is 2.50. The molecule has 0 aromatic carbocycles. The van der Waals surface area contributed by atoms with Crippen molar-refractivity contribution in [3.8, 4) is 0 Å². The number of aryl methyl sites for hydroxylation is 1. The lowest BCUT2D eigenvalue weighted by Gasteiger charge is -2.08. The third-order valence-electron chi connectivity index (χ3n) is 2.89. The lowest BCUT2D eigenvalue weighted by Crippen LogP contribution is -2.27. The Morgan fingerprint density at radius 2 is 2.20 bits per heavy atom. The molecule has 2 rings (SSSR count). The molecule has 0 bridgehead atoms. The van der Waals surface area contributed by atoms with Gasteiger partial charge in [-0.2, -0.15) is 0 Å². The Bertz CT molecular complexity index is 589. The number of rotatable bonds is 5. The Hall–Kier alpha value is -1.76. The number of carbonyl (C=O) groups is 1. The van der Waals surface area contributed by atoms with Crippen molar-refractivity contribution in [2.24, 2.45) is 0 Å². The third-order valence-corrected chi connectivity index (χ3v) is 4.21. The summed E-state index contributed by atoms with van der Waals surface area (Å²) >= 11 is 1.61. The zero-order chi connectivity index (χ0) is 14.7. The highest BCUT2D eigenvalue weighted by Crippen LogP contribution is 2.20. The first kappa shape index (κ1) is 14.6. The normalized spacial score (nSPS) is 12.7. The van der Waals surface area contributed by atoms with Gasteiger partial charge in [-0.15, -0.1) is 16.4 Å². The number of nitrogens with one attached hydrogen (secondary N) is 2. The molecule has 2 heterocycles. The highest BCUT2D eigenvalue weighted by Gasteiger charge is 2.18. The molecule has 6 nitrogen and oxygen atoms in total. The summed E-state index contributed by atoms with van der Waals surface area (Å²) in [4.78, 5) is 21.8. The molecule has 2 aromatic rings. The number of hydrogen-bond acceptors (Lipinski definition) is 5. The fraction of sp³-hybridized carbons (Fsp3) is 0.538. The van der Waals surface area contributed by atoms with Gasteiger partial charge in [-0.05, 0) is 13.3 Å². The van der Waals surface area contributed by atoms with Crippen molar-refractivity contribution >= 4 is 17.2 Å². The van der Waals surface area contributed by atoms with Crippen LogP contribution in [0.25, 0.3) is 0 Å². The van der Waals surface area contributed by atoms with Gasteiger partial charge in [0.2, 0.25) is 5.82 Å². The number of carbonyl (C=O) groups excluding carboxylic acids is 1. The minimum Gasteiger partial charge on any atom is -0.340 e. The van der Waals surface area contributed by atoms with Crippen LogP contribution >= 0.6 is 11.3 Å². The van der Waals surface area contributed by atoms with Gasteiger partial charge in [0.05, 0.1) is 6.04 Å². The second-order valence-corrected chi connectivity index (χ2v) is 6.06. The number of nitrogens with zero attached hydrogens (tertiary/aromatic N) is 3. The van der Waals surface area contributed by atoms with Crippen molar-refractivity contribution in [3.05, 3.63) is 27.7 Å². The molecule has 2 N–H and O–H groups in total. The van der Waals surface area contributed by atoms with Crippen molar-refractivity contribution in [2.75, 3.05) is 0 Å². The van der Waals surface area contributed by atoms with E-state index in [9.17, 15) is 4.79 Å². The van der Waals surface area contributed by atoms with Crippen LogP contribution in [0.3, 0.4) is 0 Å². The van der Waals surface area contributed by atoms with E-state index in [0.29, 0.717) is 5.82 Å². The van der Waals surface area contributed by atoms with Crippen LogP contribution in [0.5, 0.6) is 0 Å². The van der Waals surface area contributed by atoms with Crippen LogP contribution in [-0.2, 0) is 6.42 Å². The maximum Gasteiger partial charge on any atom is 0.291 e. The van der Waals surface area contributed by atoms with E-state index in [1.54, 1.807) is 11.3 Å². The standard InChI is InChI=1S/C13H19N5OS/c1-5-9-6-14-13(20-9)8(4)15-12(19)11-16-10(7(2)3)17-18-11/h6-8H,5H2,1-4H3,(H,15,19)(H,16,17,18). The topological polar surface area (TPSA) is 83.6 Å². The lowest BCUT2D eigenvalue weighted by atomic mass is 10.2. The second kappa shape index (κ2) is 6.13. The van der Waals surface area contributed by atoms with E-state index in [1.807, 2.05) is 27.0 Å². The quantitative estimate of drug-likeness (QED) is 0.887. The van der Waals surface area contributed by atoms with Crippen LogP contribution in [0.1, 0.15) is 66.0 Å². The van der Waals surface area contributed by atoms with E-state index in [0.717, 1.165) is 11.4 Å². The van der Waals surface area contributed by atoms with Crippen LogP contribution in [0, 0.1) is 0 Å². The zero-order valence-electron chi connectivity index (χ0n) is 12.1. The molecule has 0 spiro atoms. The van der Waals surface area contributed by atoms with E-state index < -0.39 is 0 Å². The van der Waals surface area contributed by atoms with E-state index >= 15 is 0 Å². The number of H-pyrrole nitrogens is 1. The highest BCUT2D eigenvalue weighted by molar-refractivity contribution is 7.11. The molecule has 1 atom stereocenters. The summed E-state index contributed by atoms with van der Waals surface area (Å²) in [5.41, 5.74) is 0. The Morgan fingerprint density at radius 3 is 2.75 bits per heavy atom. The smallest absolute Gasteiger partial charge is 0.291 e. The van der Waals surface area contributed by atoms with Crippen molar-refractivity contribution in [1.29, 1.82) is 0 Å². The van der Waals surface area contributed by atoms with Crippen LogP contribution in [-0.4, -0.2) is 26.1 Å². The Morgan fingerprint density at radius 1 is 1.45 bits per heavy atom. The van der Waals surface area contributed by atoms with Crippen molar-refractivity contribution in [2.45, 2.75) is 46.1 Å². The minimum atomic E-state index is -0.283. The number of aromatic nitrogens is 4. The number of aromatic amines is 1. The third kappa shape index (κ3) is 3.22. The maximum atomic E-state index is 12.1. The lowest BCUT2D eigenvalue weighted by molar-refractivity contribution is 0.0929. The molecular weight excluding hydrogens is 274 g/mol. The predicted molar refractivity (Wildman–Crippen MR) is 77.8 cm³/mol. The van der Waals surface area contributed by atoms with E-state index in [4.69, 9.17) is 0 Å². The van der Waals surface area contributed by atoms with Gasteiger partial charge in [0.1, 0.15) is 10.8 Å². The van der Waals surface area contributed by atoms with Crippen molar-refractivity contribution < 1.29 is 4.79 Å². The predicted octanol–water partition coefficient (Wildman–Crippen LogP) is 2.44. The molecule has 1 amide bonds. The average molecular weight is 293 g/mol. The Labute approximate surface area is 122 Å². The molecule has 20 heavy (non-hydrogen) atoms. The molecule has 2 aromatic heterocycles. The van der Waals surface area contributed by atoms with Crippen LogP contribution in [0.15, 0.2) is 6.20 Å². The van der Waals surface area contributed by atoms with Gasteiger partial charge >= 0.3 is 0 Å². The molecule has 108 valence electrons. The molecule has 0 aliphatic carbocycles. The molecule has 0 saturated carbocycles. The summed E-state index contributed by atoms with van der Waals surface area (Å²) in [7, 11) is 0. The SMILES string of the molecule is CCc1cnc(C(C)NC(=O)c2n[nH]c(C(C)C)n2)s1.